The fraction of sp³-hybridized carbons (Fsp3) is 0.400. The van der Waals surface area contributed by atoms with Crippen molar-refractivity contribution in [2.45, 2.75) is 132 Å². The molecule has 0 radical (unpaired) electrons. The summed E-state index contributed by atoms with van der Waals surface area (Å²) in [6.07, 6.45) is 16.9. The molecule has 2 spiro atoms. The third-order valence-corrected chi connectivity index (χ3v) is 23.3. The first kappa shape index (κ1) is 40.9. The Bertz CT molecular complexity index is 3400. The highest BCUT2D eigenvalue weighted by atomic mass is 15.1. The molecule has 0 amide bonds. The van der Waals surface area contributed by atoms with Crippen LogP contribution in [0.1, 0.15) is 149 Å². The van der Waals surface area contributed by atoms with Crippen LogP contribution in [0, 0.1) is 40.9 Å². The van der Waals surface area contributed by atoms with Crippen LogP contribution in [-0.2, 0) is 27.1 Å². The maximum atomic E-state index is 2.71. The number of anilines is 3. The third-order valence-electron chi connectivity index (χ3n) is 23.3. The minimum absolute atomic E-state index is 0.0912. The van der Waals surface area contributed by atoms with E-state index in [-0.39, 0.29) is 10.8 Å². The molecule has 0 heterocycles. The van der Waals surface area contributed by atoms with E-state index in [2.05, 4.69) is 184 Å². The summed E-state index contributed by atoms with van der Waals surface area (Å²) in [4.78, 5) is 2.71. The highest BCUT2D eigenvalue weighted by Gasteiger charge is 2.80. The van der Waals surface area contributed by atoms with Crippen molar-refractivity contribution in [2.75, 3.05) is 4.90 Å². The molecule has 1 nitrogen and oxygen atoms in total. The van der Waals surface area contributed by atoms with Crippen LogP contribution in [0.15, 0.2) is 152 Å². The molecule has 18 rings (SSSR count). The second-order valence-corrected chi connectivity index (χ2v) is 26.9. The molecule has 11 aliphatic carbocycles. The van der Waals surface area contributed by atoms with E-state index in [0.717, 1.165) is 35.5 Å². The average Bonchev–Trinajstić information content (AvgIpc) is 4.18. The minimum Gasteiger partial charge on any atom is -0.310 e. The number of hydrogen-bond donors (Lipinski definition) is 0. The van der Waals surface area contributed by atoms with Gasteiger partial charge >= 0.3 is 0 Å². The van der Waals surface area contributed by atoms with Gasteiger partial charge in [0.05, 0.1) is 11.1 Å². The summed E-state index contributed by atoms with van der Waals surface area (Å²) in [7, 11) is 0. The zero-order chi connectivity index (χ0) is 47.0. The molecule has 352 valence electrons. The van der Waals surface area contributed by atoms with Crippen molar-refractivity contribution in [1.82, 2.24) is 0 Å². The highest BCUT2D eigenvalue weighted by molar-refractivity contribution is 6.00. The Morgan fingerprint density at radius 3 is 1.59 bits per heavy atom. The lowest BCUT2D eigenvalue weighted by Gasteiger charge is -2.73. The van der Waals surface area contributed by atoms with Crippen molar-refractivity contribution in [3.63, 3.8) is 0 Å². The van der Waals surface area contributed by atoms with Gasteiger partial charge in [0.15, 0.2) is 0 Å². The Hall–Kier alpha value is -5.66. The van der Waals surface area contributed by atoms with Gasteiger partial charge in [-0.2, -0.15) is 0 Å². The largest absolute Gasteiger partial charge is 0.310 e. The van der Waals surface area contributed by atoms with E-state index in [4.69, 9.17) is 0 Å². The summed E-state index contributed by atoms with van der Waals surface area (Å²) in [5.41, 5.74) is 25.0. The molecule has 8 saturated carbocycles. The molecule has 7 atom stereocenters. The van der Waals surface area contributed by atoms with E-state index in [0.29, 0.717) is 16.2 Å². The zero-order valence-corrected chi connectivity index (χ0v) is 42.3. The van der Waals surface area contributed by atoms with E-state index < -0.39 is 5.41 Å². The number of hydrogen-bond acceptors (Lipinski definition) is 1. The molecule has 8 fully saturated rings. The Morgan fingerprint density at radius 1 is 0.394 bits per heavy atom. The SMILES string of the molecule is CC1(C)CCC(C)(C)c2cc(-c3cc4c(cc3N(c3ccc(C56CC7CC(CC5C7)C6)cc3)c3ccc(C56CC7CC8CC(C5)C86C7)cc3)C3(c5ccccc5-c5ccccc53)c3ccccc3-4)ccc21. The number of rotatable bonds is 6. The van der Waals surface area contributed by atoms with Crippen LogP contribution in [0.4, 0.5) is 17.1 Å². The van der Waals surface area contributed by atoms with Gasteiger partial charge in [0.25, 0.3) is 0 Å². The molecule has 7 aromatic carbocycles. The predicted molar refractivity (Wildman–Crippen MR) is 291 cm³/mol. The summed E-state index contributed by atoms with van der Waals surface area (Å²) in [5.74, 6) is 5.62. The predicted octanol–water partition coefficient (Wildman–Crippen LogP) is 17.7. The van der Waals surface area contributed by atoms with Gasteiger partial charge in [-0.15, -0.1) is 0 Å². The maximum absolute atomic E-state index is 2.71. The summed E-state index contributed by atoms with van der Waals surface area (Å²) >= 11 is 0. The third kappa shape index (κ3) is 4.84. The van der Waals surface area contributed by atoms with Crippen LogP contribution in [0.2, 0.25) is 0 Å². The molecule has 11 aliphatic rings. The lowest BCUT2D eigenvalue weighted by Crippen LogP contribution is -2.68. The van der Waals surface area contributed by atoms with Crippen molar-refractivity contribution >= 4 is 17.1 Å². The lowest BCUT2D eigenvalue weighted by molar-refractivity contribution is -0.198. The molecule has 6 bridgehead atoms. The van der Waals surface area contributed by atoms with Gasteiger partial charge in [0.2, 0.25) is 0 Å². The van der Waals surface area contributed by atoms with E-state index in [9.17, 15) is 0 Å². The van der Waals surface area contributed by atoms with Gasteiger partial charge in [-0.3, -0.25) is 0 Å². The Balaban J connectivity index is 0.921. The molecule has 71 heavy (non-hydrogen) atoms. The highest BCUT2D eigenvalue weighted by Crippen LogP contribution is 2.86. The first-order valence-electron chi connectivity index (χ1n) is 28.2. The normalized spacial score (nSPS) is 32.9. The first-order chi connectivity index (χ1) is 34.5. The second kappa shape index (κ2) is 13.3. The van der Waals surface area contributed by atoms with Gasteiger partial charge in [-0.25, -0.2) is 0 Å². The maximum Gasteiger partial charge on any atom is 0.0726 e. The molecule has 7 aromatic rings. The van der Waals surface area contributed by atoms with Gasteiger partial charge < -0.3 is 4.90 Å². The molecule has 0 aromatic heterocycles. The Kier molecular flexibility index (Phi) is 7.66. The molecule has 0 saturated heterocycles. The van der Waals surface area contributed by atoms with E-state index >= 15 is 0 Å². The van der Waals surface area contributed by atoms with E-state index in [1.807, 2.05) is 0 Å². The summed E-state index contributed by atoms with van der Waals surface area (Å²) in [6, 6.07) is 61.7. The van der Waals surface area contributed by atoms with Gasteiger partial charge in [0, 0.05) is 22.4 Å². The van der Waals surface area contributed by atoms with Gasteiger partial charge in [0.1, 0.15) is 0 Å². The van der Waals surface area contributed by atoms with Crippen LogP contribution >= 0.6 is 0 Å². The molecular formula is C70H67N. The van der Waals surface area contributed by atoms with Gasteiger partial charge in [-0.05, 0) is 243 Å². The molecule has 0 N–H and O–H groups in total. The standard InChI is InChI=1S/C70H67N/c1-65(2)27-28-66(3,4)63-33-45(17-26-61(63)65)56-35-57-55-13-7-10-16-60(55)70(58-14-8-5-11-53(58)54-12-6-9-15-59(54)70)62(57)36-64(56)71(51-22-18-46(19-23-51)67-37-42-29-43(38-67)31-48(67)30-42)52-24-20-47(21-25-52)68-39-44-32-49-34-50(41-68)69(49,68)40-44/h5-26,33,35-36,42-44,48-50H,27-32,34,37-41H2,1-4H3. The van der Waals surface area contributed by atoms with Crippen molar-refractivity contribution in [3.8, 4) is 33.4 Å². The van der Waals surface area contributed by atoms with Crippen LogP contribution < -0.4 is 4.90 Å². The monoisotopic (exact) mass is 922 g/mol. The Labute approximate surface area is 422 Å². The number of fused-ring (bicyclic) bond motifs is 12. The van der Waals surface area contributed by atoms with Crippen molar-refractivity contribution in [1.29, 1.82) is 0 Å². The van der Waals surface area contributed by atoms with E-state index in [1.54, 1.807) is 11.1 Å². The van der Waals surface area contributed by atoms with Crippen LogP contribution in [0.25, 0.3) is 33.4 Å². The second-order valence-electron chi connectivity index (χ2n) is 26.9. The number of nitrogens with zero attached hydrogens (tertiary/aromatic N) is 1. The number of benzene rings is 7. The fourth-order valence-corrected chi connectivity index (χ4v) is 20.6. The van der Waals surface area contributed by atoms with E-state index in [1.165, 1.54) is 161 Å². The van der Waals surface area contributed by atoms with Crippen molar-refractivity contribution in [3.05, 3.63) is 196 Å². The molecular weight excluding hydrogens is 855 g/mol. The van der Waals surface area contributed by atoms with Crippen LogP contribution in [0.3, 0.4) is 0 Å². The molecule has 7 unspecified atom stereocenters. The fourth-order valence-electron chi connectivity index (χ4n) is 20.6. The summed E-state index contributed by atoms with van der Waals surface area (Å²) in [6.45, 7) is 9.92. The molecule has 1 heteroatoms. The first-order valence-corrected chi connectivity index (χ1v) is 28.2. The Morgan fingerprint density at radius 2 is 0.972 bits per heavy atom. The summed E-state index contributed by atoms with van der Waals surface area (Å²) in [5, 5.41) is 0. The quantitative estimate of drug-likeness (QED) is 0.161. The van der Waals surface area contributed by atoms with Crippen molar-refractivity contribution < 1.29 is 0 Å². The average molecular weight is 922 g/mol. The van der Waals surface area contributed by atoms with Crippen LogP contribution in [0.5, 0.6) is 0 Å². The van der Waals surface area contributed by atoms with Crippen LogP contribution in [-0.4, -0.2) is 0 Å². The minimum atomic E-state index is -0.437. The smallest absolute Gasteiger partial charge is 0.0726 e. The lowest BCUT2D eigenvalue weighted by atomic mass is 9.31. The zero-order valence-electron chi connectivity index (χ0n) is 42.3. The topological polar surface area (TPSA) is 3.24 Å². The van der Waals surface area contributed by atoms with Gasteiger partial charge in [-0.1, -0.05) is 143 Å². The molecule has 0 aliphatic heterocycles. The summed E-state index contributed by atoms with van der Waals surface area (Å²) < 4.78 is 0. The van der Waals surface area contributed by atoms with Crippen molar-refractivity contribution in [2.24, 2.45) is 40.9 Å².